The first-order valence-electron chi connectivity index (χ1n) is 6.34. The average molecular weight is 325 g/mol. The van der Waals surface area contributed by atoms with E-state index in [2.05, 4.69) is 0 Å². The fraction of sp³-hybridized carbons (Fsp3) is 0.188. The predicted octanol–water partition coefficient (Wildman–Crippen LogP) is 4.83. The Morgan fingerprint density at radius 1 is 1.29 bits per heavy atom. The van der Waals surface area contributed by atoms with E-state index in [1.165, 1.54) is 24.8 Å². The summed E-state index contributed by atoms with van der Waals surface area (Å²) < 4.78 is 19.2. The summed E-state index contributed by atoms with van der Waals surface area (Å²) >= 11 is 7.36. The highest BCUT2D eigenvalue weighted by Crippen LogP contribution is 2.30. The van der Waals surface area contributed by atoms with Crippen molar-refractivity contribution in [2.24, 2.45) is 0 Å². The van der Waals surface area contributed by atoms with Crippen molar-refractivity contribution in [1.29, 1.82) is 0 Å². The minimum absolute atomic E-state index is 0.110. The van der Waals surface area contributed by atoms with Crippen LogP contribution in [0.1, 0.15) is 18.1 Å². The van der Waals surface area contributed by atoms with E-state index in [1.807, 2.05) is 30.3 Å². The van der Waals surface area contributed by atoms with Gasteiger partial charge in [0.15, 0.2) is 0 Å². The molecule has 0 saturated heterocycles. The van der Waals surface area contributed by atoms with Gasteiger partial charge in [0.1, 0.15) is 12.4 Å². The third kappa shape index (κ3) is 4.76. The van der Waals surface area contributed by atoms with E-state index in [0.29, 0.717) is 15.7 Å². The van der Waals surface area contributed by atoms with Crippen LogP contribution in [0, 0.1) is 5.82 Å². The van der Waals surface area contributed by atoms with Crippen LogP contribution in [-0.4, -0.2) is 5.97 Å². The van der Waals surface area contributed by atoms with E-state index < -0.39 is 5.97 Å². The van der Waals surface area contributed by atoms with E-state index in [-0.39, 0.29) is 18.0 Å². The third-order valence-electron chi connectivity index (χ3n) is 2.75. The molecule has 0 amide bonds. The maximum Gasteiger partial charge on any atom is 0.302 e. The van der Waals surface area contributed by atoms with E-state index in [1.54, 1.807) is 6.07 Å². The third-order valence-corrected chi connectivity index (χ3v) is 4.05. The molecule has 0 aliphatic carbocycles. The molecule has 0 N–H and O–H groups in total. The monoisotopic (exact) mass is 324 g/mol. The molecule has 0 aromatic heterocycles. The van der Waals surface area contributed by atoms with Crippen LogP contribution in [-0.2, 0) is 21.9 Å². The van der Waals surface area contributed by atoms with Crippen molar-refractivity contribution >= 4 is 29.3 Å². The van der Waals surface area contributed by atoms with Gasteiger partial charge in [0, 0.05) is 28.2 Å². The lowest BCUT2D eigenvalue weighted by atomic mass is 10.2. The summed E-state index contributed by atoms with van der Waals surface area (Å²) in [6, 6.07) is 12.8. The Balaban J connectivity index is 2.13. The molecule has 2 rings (SSSR count). The zero-order valence-electron chi connectivity index (χ0n) is 11.4. The van der Waals surface area contributed by atoms with Crippen molar-refractivity contribution < 1.29 is 13.9 Å². The molecule has 2 nitrogen and oxygen atoms in total. The summed E-state index contributed by atoms with van der Waals surface area (Å²) in [4.78, 5) is 11.3. The van der Waals surface area contributed by atoms with Crippen molar-refractivity contribution in [3.63, 3.8) is 0 Å². The lowest BCUT2D eigenvalue weighted by Gasteiger charge is -2.09. The summed E-state index contributed by atoms with van der Waals surface area (Å²) in [5.74, 6) is -0.195. The SMILES string of the molecule is CC(=O)OCc1cc(Cl)cc(SCc2ccccc2)c1F. The Kier molecular flexibility index (Phi) is 5.65. The quantitative estimate of drug-likeness (QED) is 0.582. The van der Waals surface area contributed by atoms with Gasteiger partial charge in [-0.05, 0) is 17.7 Å². The number of thioether (sulfide) groups is 1. The highest BCUT2D eigenvalue weighted by atomic mass is 35.5. The van der Waals surface area contributed by atoms with Gasteiger partial charge < -0.3 is 4.74 Å². The van der Waals surface area contributed by atoms with Crippen LogP contribution in [0.4, 0.5) is 4.39 Å². The fourth-order valence-corrected chi connectivity index (χ4v) is 3.03. The largest absolute Gasteiger partial charge is 0.461 e. The molecule has 0 aliphatic heterocycles. The molecule has 2 aromatic carbocycles. The molecule has 21 heavy (non-hydrogen) atoms. The number of ether oxygens (including phenoxy) is 1. The van der Waals surface area contributed by atoms with Crippen LogP contribution in [0.2, 0.25) is 5.02 Å². The van der Waals surface area contributed by atoms with Gasteiger partial charge in [-0.3, -0.25) is 4.79 Å². The van der Waals surface area contributed by atoms with E-state index in [9.17, 15) is 9.18 Å². The molecule has 2 aromatic rings. The second-order valence-corrected chi connectivity index (χ2v) is 5.89. The minimum atomic E-state index is -0.451. The number of hydrogen-bond acceptors (Lipinski definition) is 3. The van der Waals surface area contributed by atoms with Crippen LogP contribution in [0.3, 0.4) is 0 Å². The zero-order chi connectivity index (χ0) is 15.2. The minimum Gasteiger partial charge on any atom is -0.461 e. The molecule has 0 fully saturated rings. The molecule has 110 valence electrons. The number of hydrogen-bond donors (Lipinski definition) is 0. The lowest BCUT2D eigenvalue weighted by Crippen LogP contribution is -2.02. The van der Waals surface area contributed by atoms with Gasteiger partial charge in [-0.2, -0.15) is 0 Å². The molecule has 5 heteroatoms. The molecule has 0 aliphatic rings. The Hall–Kier alpha value is -1.52. The topological polar surface area (TPSA) is 26.3 Å². The van der Waals surface area contributed by atoms with Crippen molar-refractivity contribution in [2.75, 3.05) is 0 Å². The van der Waals surface area contributed by atoms with Crippen LogP contribution >= 0.6 is 23.4 Å². The molecule has 0 heterocycles. The summed E-state index contributed by atoms with van der Waals surface area (Å²) in [7, 11) is 0. The van der Waals surface area contributed by atoms with Gasteiger partial charge in [0.2, 0.25) is 0 Å². The zero-order valence-corrected chi connectivity index (χ0v) is 13.0. The average Bonchev–Trinajstić information content (AvgIpc) is 2.47. The first-order chi connectivity index (χ1) is 10.1. The van der Waals surface area contributed by atoms with Crippen molar-refractivity contribution in [1.82, 2.24) is 0 Å². The Morgan fingerprint density at radius 3 is 2.67 bits per heavy atom. The summed E-state index contributed by atoms with van der Waals surface area (Å²) in [6.45, 7) is 1.17. The molecule has 0 bridgehead atoms. The van der Waals surface area contributed by atoms with Gasteiger partial charge in [-0.15, -0.1) is 11.8 Å². The van der Waals surface area contributed by atoms with Gasteiger partial charge in [0.25, 0.3) is 0 Å². The van der Waals surface area contributed by atoms with Crippen molar-refractivity contribution in [3.8, 4) is 0 Å². The van der Waals surface area contributed by atoms with Crippen LogP contribution in [0.15, 0.2) is 47.4 Å². The maximum atomic E-state index is 14.3. The lowest BCUT2D eigenvalue weighted by molar-refractivity contribution is -0.142. The van der Waals surface area contributed by atoms with Crippen LogP contribution in [0.25, 0.3) is 0 Å². The number of rotatable bonds is 5. The fourth-order valence-electron chi connectivity index (χ4n) is 1.74. The highest BCUT2D eigenvalue weighted by Gasteiger charge is 2.12. The highest BCUT2D eigenvalue weighted by molar-refractivity contribution is 7.98. The number of halogens is 2. The smallest absolute Gasteiger partial charge is 0.302 e. The number of carbonyl (C=O) groups excluding carboxylic acids is 1. The molecular weight excluding hydrogens is 311 g/mol. The van der Waals surface area contributed by atoms with Crippen LogP contribution in [0.5, 0.6) is 0 Å². The molecule has 0 radical (unpaired) electrons. The van der Waals surface area contributed by atoms with Gasteiger partial charge >= 0.3 is 5.97 Å². The predicted molar refractivity (Wildman–Crippen MR) is 82.9 cm³/mol. The molecule has 0 atom stereocenters. The Morgan fingerprint density at radius 2 is 2.00 bits per heavy atom. The maximum absolute atomic E-state index is 14.3. The van der Waals surface area contributed by atoms with Gasteiger partial charge in [0.05, 0.1) is 0 Å². The second-order valence-electron chi connectivity index (χ2n) is 4.43. The molecular formula is C16H14ClFO2S. The number of esters is 1. The second kappa shape index (κ2) is 7.48. The first kappa shape index (κ1) is 15.9. The number of benzene rings is 2. The molecule has 0 unspecified atom stereocenters. The van der Waals surface area contributed by atoms with E-state index >= 15 is 0 Å². The standard InChI is InChI=1S/C16H14ClFO2S/c1-11(19)20-9-13-7-14(17)8-15(16(13)18)21-10-12-5-3-2-4-6-12/h2-8H,9-10H2,1H3. The first-order valence-corrected chi connectivity index (χ1v) is 7.70. The summed E-state index contributed by atoms with van der Waals surface area (Å²) in [5.41, 5.74) is 1.39. The summed E-state index contributed by atoms with van der Waals surface area (Å²) in [6.07, 6.45) is 0. The normalized spacial score (nSPS) is 10.4. The number of carbonyl (C=O) groups is 1. The van der Waals surface area contributed by atoms with E-state index in [0.717, 1.165) is 5.56 Å². The summed E-state index contributed by atoms with van der Waals surface area (Å²) in [5, 5.41) is 0.425. The Bertz CT molecular complexity index is 632. The molecule has 0 spiro atoms. The molecule has 0 saturated carbocycles. The van der Waals surface area contributed by atoms with E-state index in [4.69, 9.17) is 16.3 Å². The van der Waals surface area contributed by atoms with Crippen molar-refractivity contribution in [2.45, 2.75) is 24.2 Å². The van der Waals surface area contributed by atoms with Gasteiger partial charge in [-0.1, -0.05) is 41.9 Å². The van der Waals surface area contributed by atoms with Crippen LogP contribution < -0.4 is 0 Å². The van der Waals surface area contributed by atoms with Gasteiger partial charge in [-0.25, -0.2) is 4.39 Å². The van der Waals surface area contributed by atoms with Crippen molar-refractivity contribution in [3.05, 3.63) is 64.4 Å². The Labute approximate surface area is 132 Å².